The minimum absolute atomic E-state index is 0.144. The summed E-state index contributed by atoms with van der Waals surface area (Å²) in [6.07, 6.45) is 0.686. The van der Waals surface area contributed by atoms with Crippen LogP contribution in [0, 0.1) is 5.92 Å². The van der Waals surface area contributed by atoms with Crippen molar-refractivity contribution in [3.63, 3.8) is 0 Å². The maximum Gasteiger partial charge on any atom is 0.324 e. The van der Waals surface area contributed by atoms with Gasteiger partial charge >= 0.3 is 6.03 Å². The summed E-state index contributed by atoms with van der Waals surface area (Å²) in [5.41, 5.74) is 5.31. The van der Waals surface area contributed by atoms with Crippen LogP contribution in [0.3, 0.4) is 0 Å². The number of imide groups is 1. The van der Waals surface area contributed by atoms with Crippen LogP contribution in [0.5, 0.6) is 0 Å². The van der Waals surface area contributed by atoms with Gasteiger partial charge in [-0.15, -0.1) is 0 Å². The van der Waals surface area contributed by atoms with Gasteiger partial charge in [0, 0.05) is 13.1 Å². The van der Waals surface area contributed by atoms with Crippen molar-refractivity contribution in [2.45, 2.75) is 26.3 Å². The van der Waals surface area contributed by atoms with Gasteiger partial charge in [-0.25, -0.2) is 4.79 Å². The number of nitrogens with zero attached hydrogens (tertiary/aromatic N) is 1. The minimum atomic E-state index is -0.353. The lowest BCUT2D eigenvalue weighted by molar-refractivity contribution is -0.127. The van der Waals surface area contributed by atoms with Crippen LogP contribution in [0.1, 0.15) is 20.3 Å². The number of amides is 3. The molecule has 80 valence electrons. The zero-order chi connectivity index (χ0) is 10.7. The summed E-state index contributed by atoms with van der Waals surface area (Å²) in [6.45, 7) is 4.66. The lowest BCUT2D eigenvalue weighted by Gasteiger charge is -2.12. The molecular weight excluding hydrogens is 182 g/mol. The van der Waals surface area contributed by atoms with E-state index in [0.29, 0.717) is 25.4 Å². The van der Waals surface area contributed by atoms with Gasteiger partial charge in [0.2, 0.25) is 0 Å². The molecule has 3 amide bonds. The molecule has 1 atom stereocenters. The van der Waals surface area contributed by atoms with E-state index in [2.05, 4.69) is 5.32 Å². The van der Waals surface area contributed by atoms with Crippen molar-refractivity contribution in [3.05, 3.63) is 0 Å². The van der Waals surface area contributed by atoms with E-state index in [-0.39, 0.29) is 18.0 Å². The zero-order valence-electron chi connectivity index (χ0n) is 8.62. The topological polar surface area (TPSA) is 75.4 Å². The van der Waals surface area contributed by atoms with Crippen LogP contribution in [0.2, 0.25) is 0 Å². The summed E-state index contributed by atoms with van der Waals surface area (Å²) in [7, 11) is 0. The van der Waals surface area contributed by atoms with Crippen LogP contribution >= 0.6 is 0 Å². The standard InChI is InChI=1S/C9H17N3O2/c1-6(2)5-7-8(13)12(4-3-10)9(14)11-7/h6-7H,3-5,10H2,1-2H3,(H,11,14). The molecule has 0 spiro atoms. The largest absolute Gasteiger partial charge is 0.329 e. The molecule has 0 radical (unpaired) electrons. The lowest BCUT2D eigenvalue weighted by Crippen LogP contribution is -2.35. The second-order valence-corrected chi connectivity index (χ2v) is 3.91. The van der Waals surface area contributed by atoms with Crippen molar-refractivity contribution in [3.8, 4) is 0 Å². The molecule has 0 aromatic carbocycles. The van der Waals surface area contributed by atoms with Crippen LogP contribution in [-0.4, -0.2) is 36.0 Å². The normalized spacial score (nSPS) is 22.0. The Morgan fingerprint density at radius 1 is 1.50 bits per heavy atom. The molecule has 0 aromatic rings. The van der Waals surface area contributed by atoms with Gasteiger partial charge in [0.05, 0.1) is 0 Å². The summed E-state index contributed by atoms with van der Waals surface area (Å²) in [4.78, 5) is 24.1. The van der Waals surface area contributed by atoms with E-state index in [0.717, 1.165) is 0 Å². The van der Waals surface area contributed by atoms with Crippen LogP contribution in [-0.2, 0) is 4.79 Å². The maximum atomic E-state index is 11.6. The molecule has 0 saturated carbocycles. The number of carbonyl (C=O) groups excluding carboxylic acids is 2. The van der Waals surface area contributed by atoms with E-state index >= 15 is 0 Å². The lowest BCUT2D eigenvalue weighted by atomic mass is 10.0. The third kappa shape index (κ3) is 2.23. The van der Waals surface area contributed by atoms with E-state index in [1.807, 2.05) is 13.8 Å². The van der Waals surface area contributed by atoms with Crippen LogP contribution in [0.25, 0.3) is 0 Å². The van der Waals surface area contributed by atoms with Gasteiger partial charge in [-0.05, 0) is 12.3 Å². The maximum absolute atomic E-state index is 11.6. The number of nitrogens with two attached hydrogens (primary N) is 1. The van der Waals surface area contributed by atoms with Gasteiger partial charge in [-0.1, -0.05) is 13.8 Å². The number of hydrogen-bond acceptors (Lipinski definition) is 3. The Morgan fingerprint density at radius 2 is 2.14 bits per heavy atom. The number of carbonyl (C=O) groups is 2. The molecule has 0 aromatic heterocycles. The van der Waals surface area contributed by atoms with Gasteiger partial charge in [-0.3, -0.25) is 9.69 Å². The summed E-state index contributed by atoms with van der Waals surface area (Å²) in [6, 6.07) is -0.667. The highest BCUT2D eigenvalue weighted by Crippen LogP contribution is 2.13. The molecular formula is C9H17N3O2. The number of hydrogen-bond donors (Lipinski definition) is 2. The Labute approximate surface area is 83.6 Å². The quantitative estimate of drug-likeness (QED) is 0.621. The molecule has 0 bridgehead atoms. The SMILES string of the molecule is CC(C)CC1NC(=O)N(CCN)C1=O. The Balaban J connectivity index is 2.59. The van der Waals surface area contributed by atoms with Crippen molar-refractivity contribution in [2.24, 2.45) is 11.7 Å². The Morgan fingerprint density at radius 3 is 2.64 bits per heavy atom. The van der Waals surface area contributed by atoms with Crippen molar-refractivity contribution in [2.75, 3.05) is 13.1 Å². The predicted octanol–water partition coefficient (Wildman–Crippen LogP) is -0.0884. The molecule has 1 rings (SSSR count). The Bertz CT molecular complexity index is 240. The number of urea groups is 1. The Kier molecular flexibility index (Phi) is 3.46. The molecule has 1 fully saturated rings. The highest BCUT2D eigenvalue weighted by atomic mass is 16.2. The molecule has 0 aliphatic carbocycles. The van der Waals surface area contributed by atoms with Crippen LogP contribution in [0.15, 0.2) is 0 Å². The first kappa shape index (κ1) is 11.0. The fourth-order valence-electron chi connectivity index (χ4n) is 1.55. The summed E-state index contributed by atoms with van der Waals surface area (Å²) < 4.78 is 0. The average molecular weight is 199 g/mol. The molecule has 14 heavy (non-hydrogen) atoms. The molecule has 3 N–H and O–H groups in total. The monoisotopic (exact) mass is 199 g/mol. The second kappa shape index (κ2) is 4.41. The molecule has 1 aliphatic heterocycles. The molecule has 1 unspecified atom stereocenters. The van der Waals surface area contributed by atoms with Crippen LogP contribution < -0.4 is 11.1 Å². The first-order valence-electron chi connectivity index (χ1n) is 4.88. The molecule has 5 nitrogen and oxygen atoms in total. The highest BCUT2D eigenvalue weighted by Gasteiger charge is 2.37. The average Bonchev–Trinajstić information content (AvgIpc) is 2.32. The van der Waals surface area contributed by atoms with Crippen molar-refractivity contribution in [1.82, 2.24) is 10.2 Å². The van der Waals surface area contributed by atoms with E-state index < -0.39 is 0 Å². The summed E-state index contributed by atoms with van der Waals surface area (Å²) in [5.74, 6) is 0.247. The van der Waals surface area contributed by atoms with E-state index in [9.17, 15) is 9.59 Å². The zero-order valence-corrected chi connectivity index (χ0v) is 8.62. The van der Waals surface area contributed by atoms with E-state index in [4.69, 9.17) is 5.73 Å². The molecule has 5 heteroatoms. The molecule has 1 aliphatic rings. The summed E-state index contributed by atoms with van der Waals surface area (Å²) in [5, 5.41) is 2.65. The molecule has 1 heterocycles. The third-order valence-electron chi connectivity index (χ3n) is 2.17. The van der Waals surface area contributed by atoms with Gasteiger partial charge in [-0.2, -0.15) is 0 Å². The molecule has 1 saturated heterocycles. The predicted molar refractivity (Wildman–Crippen MR) is 52.5 cm³/mol. The van der Waals surface area contributed by atoms with E-state index in [1.54, 1.807) is 0 Å². The Hall–Kier alpha value is -1.10. The van der Waals surface area contributed by atoms with Gasteiger partial charge in [0.1, 0.15) is 6.04 Å². The summed E-state index contributed by atoms with van der Waals surface area (Å²) >= 11 is 0. The number of nitrogens with one attached hydrogen (secondary N) is 1. The van der Waals surface area contributed by atoms with Gasteiger partial charge < -0.3 is 11.1 Å². The first-order chi connectivity index (χ1) is 6.56. The van der Waals surface area contributed by atoms with Crippen molar-refractivity contribution < 1.29 is 9.59 Å². The van der Waals surface area contributed by atoms with Gasteiger partial charge in [0.25, 0.3) is 5.91 Å². The number of rotatable bonds is 4. The first-order valence-corrected chi connectivity index (χ1v) is 4.88. The smallest absolute Gasteiger partial charge is 0.324 e. The van der Waals surface area contributed by atoms with Crippen molar-refractivity contribution in [1.29, 1.82) is 0 Å². The van der Waals surface area contributed by atoms with Crippen molar-refractivity contribution >= 4 is 11.9 Å². The van der Waals surface area contributed by atoms with E-state index in [1.165, 1.54) is 4.90 Å². The fraction of sp³-hybridized carbons (Fsp3) is 0.778. The fourth-order valence-corrected chi connectivity index (χ4v) is 1.55. The highest BCUT2D eigenvalue weighted by molar-refractivity contribution is 6.04. The third-order valence-corrected chi connectivity index (χ3v) is 2.17. The second-order valence-electron chi connectivity index (χ2n) is 3.91. The van der Waals surface area contributed by atoms with Gasteiger partial charge in [0.15, 0.2) is 0 Å². The minimum Gasteiger partial charge on any atom is -0.329 e. The van der Waals surface area contributed by atoms with Crippen LogP contribution in [0.4, 0.5) is 4.79 Å².